The number of nitrogens with zero attached hydrogens (tertiary/aromatic N) is 4. The molecule has 1 amide bonds. The maximum Gasteiger partial charge on any atom is 0.276 e. The summed E-state index contributed by atoms with van der Waals surface area (Å²) in [5.74, 6) is -0.291. The fourth-order valence-corrected chi connectivity index (χ4v) is 4.40. The number of fused-ring (bicyclic) bond motifs is 1. The Morgan fingerprint density at radius 2 is 2.03 bits per heavy atom. The Kier molecular flexibility index (Phi) is 5.77. The van der Waals surface area contributed by atoms with Crippen molar-refractivity contribution < 1.29 is 4.79 Å². The lowest BCUT2D eigenvalue weighted by Gasteiger charge is -2.23. The molecule has 8 heteroatoms. The quantitative estimate of drug-likeness (QED) is 0.404. The monoisotopic (exact) mass is 439 g/mol. The molecular weight excluding hydrogens is 414 g/mol. The summed E-state index contributed by atoms with van der Waals surface area (Å²) in [6.45, 7) is 0.507. The highest BCUT2D eigenvalue weighted by Crippen LogP contribution is 2.25. The number of aromatic amines is 1. The first-order valence-electron chi connectivity index (χ1n) is 11.3. The minimum atomic E-state index is -0.291. The van der Waals surface area contributed by atoms with Crippen molar-refractivity contribution in [2.75, 3.05) is 10.6 Å². The summed E-state index contributed by atoms with van der Waals surface area (Å²) in [6.07, 6.45) is 9.64. The van der Waals surface area contributed by atoms with Crippen LogP contribution in [0.4, 0.5) is 11.4 Å². The van der Waals surface area contributed by atoms with Crippen molar-refractivity contribution in [1.29, 1.82) is 5.26 Å². The number of hydrogen-bond donors (Lipinski definition) is 3. The molecule has 2 aromatic carbocycles. The van der Waals surface area contributed by atoms with Gasteiger partial charge in [-0.2, -0.15) is 15.5 Å². The van der Waals surface area contributed by atoms with Crippen molar-refractivity contribution in [2.45, 2.75) is 44.7 Å². The van der Waals surface area contributed by atoms with Crippen molar-refractivity contribution in [3.8, 4) is 6.07 Å². The van der Waals surface area contributed by atoms with Crippen LogP contribution in [0.15, 0.2) is 54.9 Å². The lowest BCUT2D eigenvalue weighted by atomic mass is 9.95. The maximum absolute atomic E-state index is 12.9. The second kappa shape index (κ2) is 9.17. The third kappa shape index (κ3) is 4.72. The van der Waals surface area contributed by atoms with E-state index in [2.05, 4.69) is 32.0 Å². The van der Waals surface area contributed by atoms with E-state index in [1.165, 1.54) is 32.1 Å². The minimum Gasteiger partial charge on any atom is -0.382 e. The number of aromatic nitrogens is 4. The molecule has 0 radical (unpaired) electrons. The summed E-state index contributed by atoms with van der Waals surface area (Å²) in [7, 11) is 0. The van der Waals surface area contributed by atoms with E-state index >= 15 is 0 Å². The van der Waals surface area contributed by atoms with Crippen LogP contribution in [0.2, 0.25) is 0 Å². The molecule has 0 spiro atoms. The lowest BCUT2D eigenvalue weighted by Crippen LogP contribution is -2.22. The van der Waals surface area contributed by atoms with Gasteiger partial charge in [0.15, 0.2) is 5.69 Å². The molecule has 3 N–H and O–H groups in total. The summed E-state index contributed by atoms with van der Waals surface area (Å²) < 4.78 is 1.72. The molecule has 8 nitrogen and oxygen atoms in total. The first-order valence-corrected chi connectivity index (χ1v) is 11.3. The van der Waals surface area contributed by atoms with Gasteiger partial charge >= 0.3 is 0 Å². The van der Waals surface area contributed by atoms with Crippen LogP contribution in [0.3, 0.4) is 0 Å². The van der Waals surface area contributed by atoms with E-state index in [-0.39, 0.29) is 5.91 Å². The van der Waals surface area contributed by atoms with Crippen LogP contribution < -0.4 is 10.6 Å². The van der Waals surface area contributed by atoms with Crippen LogP contribution in [-0.2, 0) is 6.54 Å². The smallest absolute Gasteiger partial charge is 0.276 e. The summed E-state index contributed by atoms with van der Waals surface area (Å²) >= 11 is 0. The Bertz CT molecular complexity index is 1320. The maximum atomic E-state index is 12.9. The zero-order valence-corrected chi connectivity index (χ0v) is 18.2. The predicted molar refractivity (Wildman–Crippen MR) is 127 cm³/mol. The number of benzene rings is 2. The first-order chi connectivity index (χ1) is 16.2. The second-order valence-electron chi connectivity index (χ2n) is 8.50. The number of amides is 1. The molecule has 1 saturated carbocycles. The predicted octanol–water partition coefficient (Wildman–Crippen LogP) is 4.68. The van der Waals surface area contributed by atoms with Gasteiger partial charge in [-0.15, -0.1) is 0 Å². The van der Waals surface area contributed by atoms with E-state index in [9.17, 15) is 4.79 Å². The third-order valence-electron chi connectivity index (χ3n) is 6.05. The van der Waals surface area contributed by atoms with Gasteiger partial charge in [-0.05, 0) is 48.7 Å². The summed E-state index contributed by atoms with van der Waals surface area (Å²) in [5, 5.41) is 27.9. The summed E-state index contributed by atoms with van der Waals surface area (Å²) in [5.41, 5.74) is 4.38. The van der Waals surface area contributed by atoms with Gasteiger partial charge in [0.05, 0.1) is 35.6 Å². The van der Waals surface area contributed by atoms with Crippen molar-refractivity contribution in [3.63, 3.8) is 0 Å². The van der Waals surface area contributed by atoms with E-state index in [0.29, 0.717) is 29.5 Å². The van der Waals surface area contributed by atoms with Gasteiger partial charge in [-0.25, -0.2) is 0 Å². The van der Waals surface area contributed by atoms with E-state index in [0.717, 1.165) is 22.2 Å². The second-order valence-corrected chi connectivity index (χ2v) is 8.50. The number of hydrogen-bond acceptors (Lipinski definition) is 5. The Balaban J connectivity index is 1.26. The molecule has 0 unspecified atom stereocenters. The van der Waals surface area contributed by atoms with E-state index in [4.69, 9.17) is 5.26 Å². The Hall–Kier alpha value is -4.12. The lowest BCUT2D eigenvalue weighted by molar-refractivity contribution is 0.102. The van der Waals surface area contributed by atoms with Gasteiger partial charge in [0, 0.05) is 23.3 Å². The van der Waals surface area contributed by atoms with Crippen LogP contribution in [0.25, 0.3) is 10.9 Å². The number of nitrogens with one attached hydrogen (secondary N) is 3. The Morgan fingerprint density at radius 1 is 1.15 bits per heavy atom. The highest BCUT2D eigenvalue weighted by molar-refractivity contribution is 6.11. The molecule has 0 saturated heterocycles. The third-order valence-corrected chi connectivity index (χ3v) is 6.05. The Morgan fingerprint density at radius 3 is 2.88 bits per heavy atom. The molecule has 33 heavy (non-hydrogen) atoms. The molecule has 2 aromatic heterocycles. The van der Waals surface area contributed by atoms with Crippen molar-refractivity contribution in [2.24, 2.45) is 0 Å². The van der Waals surface area contributed by atoms with Gasteiger partial charge in [0.25, 0.3) is 5.91 Å². The van der Waals surface area contributed by atoms with Gasteiger partial charge in [-0.1, -0.05) is 31.4 Å². The topological polar surface area (TPSA) is 111 Å². The standard InChI is InChI=1S/C25H25N7O/c26-13-17-5-4-6-18(11-17)15-32-16-21(14-27-32)29-25(33)24-22-10-9-20(12-23(22)30-31-24)28-19-7-2-1-3-8-19/h4-6,9-12,14,16,19,28H,1-3,7-8,15H2,(H,29,33)(H,30,31). The normalized spacial score (nSPS) is 14.2. The minimum absolute atomic E-state index is 0.291. The largest absolute Gasteiger partial charge is 0.382 e. The molecule has 2 heterocycles. The average molecular weight is 440 g/mol. The molecule has 0 aliphatic heterocycles. The van der Waals surface area contributed by atoms with Crippen LogP contribution >= 0.6 is 0 Å². The highest BCUT2D eigenvalue weighted by atomic mass is 16.2. The van der Waals surface area contributed by atoms with Crippen molar-refractivity contribution in [1.82, 2.24) is 20.0 Å². The fraction of sp³-hybridized carbons (Fsp3) is 0.280. The molecule has 5 rings (SSSR count). The van der Waals surface area contributed by atoms with Gasteiger partial charge in [-0.3, -0.25) is 14.6 Å². The van der Waals surface area contributed by atoms with Gasteiger partial charge in [0.1, 0.15) is 0 Å². The number of nitriles is 1. The molecule has 166 valence electrons. The Labute approximate surface area is 191 Å². The van der Waals surface area contributed by atoms with Crippen LogP contribution in [-0.4, -0.2) is 31.9 Å². The molecule has 4 aromatic rings. The highest BCUT2D eigenvalue weighted by Gasteiger charge is 2.17. The molecular formula is C25H25N7O. The fourth-order valence-electron chi connectivity index (χ4n) is 4.40. The number of carbonyl (C=O) groups is 1. The van der Waals surface area contributed by atoms with E-state index < -0.39 is 0 Å². The van der Waals surface area contributed by atoms with E-state index in [1.54, 1.807) is 23.1 Å². The van der Waals surface area contributed by atoms with E-state index in [1.807, 2.05) is 36.4 Å². The van der Waals surface area contributed by atoms with Crippen molar-refractivity contribution >= 4 is 28.2 Å². The number of carbonyl (C=O) groups excluding carboxylic acids is 1. The zero-order valence-electron chi connectivity index (χ0n) is 18.2. The van der Waals surface area contributed by atoms with Gasteiger partial charge < -0.3 is 10.6 Å². The first kappa shape index (κ1) is 20.8. The molecule has 0 atom stereocenters. The van der Waals surface area contributed by atoms with Gasteiger partial charge in [0.2, 0.25) is 0 Å². The average Bonchev–Trinajstić information content (AvgIpc) is 3.46. The van der Waals surface area contributed by atoms with Crippen LogP contribution in [0.5, 0.6) is 0 Å². The number of H-pyrrole nitrogens is 1. The summed E-state index contributed by atoms with van der Waals surface area (Å²) in [6, 6.07) is 16.0. The van der Waals surface area contributed by atoms with Crippen LogP contribution in [0.1, 0.15) is 53.7 Å². The zero-order chi connectivity index (χ0) is 22.6. The molecule has 1 aliphatic rings. The molecule has 0 bridgehead atoms. The SMILES string of the molecule is N#Cc1cccc(Cn2cc(NC(=O)c3n[nH]c4cc(NC5CCCCC5)ccc34)cn2)c1. The number of anilines is 2. The number of rotatable bonds is 6. The van der Waals surface area contributed by atoms with Crippen molar-refractivity contribution in [3.05, 3.63) is 71.7 Å². The molecule has 1 aliphatic carbocycles. The van der Waals surface area contributed by atoms with Crippen LogP contribution in [0, 0.1) is 11.3 Å². The molecule has 1 fully saturated rings. The summed E-state index contributed by atoms with van der Waals surface area (Å²) in [4.78, 5) is 12.9.